The Kier molecular flexibility index (Phi) is 7.79. The van der Waals surface area contributed by atoms with Gasteiger partial charge in [0.05, 0.1) is 22.1 Å². The number of hydrogen-bond donors (Lipinski definition) is 0. The first-order valence-corrected chi connectivity index (χ1v) is 24.4. The van der Waals surface area contributed by atoms with Crippen LogP contribution in [0.25, 0.3) is 49.7 Å². The first kappa shape index (κ1) is 38.7. The summed E-state index contributed by atoms with van der Waals surface area (Å²) in [5, 5.41) is 2.54. The van der Waals surface area contributed by atoms with Crippen molar-refractivity contribution in [3.8, 4) is 27.9 Å². The minimum atomic E-state index is -0.572. The molecule has 4 aliphatic rings. The second kappa shape index (κ2) is 13.9. The molecule has 0 saturated heterocycles. The molecule has 11 aromatic rings. The van der Waals surface area contributed by atoms with Gasteiger partial charge in [-0.15, -0.1) is 0 Å². The summed E-state index contributed by atoms with van der Waals surface area (Å²) in [7, 11) is 0. The van der Waals surface area contributed by atoms with Gasteiger partial charge in [0.1, 0.15) is 0 Å². The molecule has 1 aromatic heterocycles. The van der Waals surface area contributed by atoms with Gasteiger partial charge in [0.15, 0.2) is 0 Å². The summed E-state index contributed by atoms with van der Waals surface area (Å²) in [5.41, 5.74) is 26.0. The summed E-state index contributed by atoms with van der Waals surface area (Å²) in [6, 6.07) is 84.9. The highest BCUT2D eigenvalue weighted by molar-refractivity contribution is 7.00. The van der Waals surface area contributed by atoms with E-state index in [1.807, 2.05) is 0 Å². The number of nitrogens with zero attached hydrogens (tertiary/aromatic N) is 3. The standard InChI is InChI=1S/C65H46BN3/c1-64(2,3)41-37-60-63-61(38-41)68(43-23-8-5-9-24-43)59-40-52-48(39-54(59)66(63)53-32-16-19-35-57(53)67(60)42-21-6-4-7-22-42)44-25-10-14-29-49(44)65(52)50-30-15-11-28-47(50)62-51(65)31-20-36-58(62)69-55-33-17-12-26-45(55)46-27-13-18-34-56(46)69/h4-40H,1-3H3. The molecule has 3 nitrogen and oxygen atoms in total. The van der Waals surface area contributed by atoms with E-state index in [9.17, 15) is 0 Å². The maximum atomic E-state index is 2.62. The lowest BCUT2D eigenvalue weighted by molar-refractivity contribution is 0.590. The summed E-state index contributed by atoms with van der Waals surface area (Å²) in [6.07, 6.45) is 0. The van der Waals surface area contributed by atoms with Crippen molar-refractivity contribution < 1.29 is 0 Å². The summed E-state index contributed by atoms with van der Waals surface area (Å²) in [6.45, 7) is 7.04. The molecule has 0 fully saturated rings. The third-order valence-electron chi connectivity index (χ3n) is 15.9. The maximum Gasteiger partial charge on any atom is 0.252 e. The fraction of sp³-hybridized carbons (Fsp3) is 0.0769. The molecule has 1 unspecified atom stereocenters. The highest BCUT2D eigenvalue weighted by atomic mass is 15.2. The number of aromatic nitrogens is 1. The van der Waals surface area contributed by atoms with Gasteiger partial charge < -0.3 is 14.4 Å². The first-order chi connectivity index (χ1) is 33.9. The second-order valence-electron chi connectivity index (χ2n) is 20.4. The van der Waals surface area contributed by atoms with E-state index >= 15 is 0 Å². The van der Waals surface area contributed by atoms with Crippen LogP contribution in [0.4, 0.5) is 34.1 Å². The smallest absolute Gasteiger partial charge is 0.252 e. The number of anilines is 6. The summed E-state index contributed by atoms with van der Waals surface area (Å²) >= 11 is 0. The van der Waals surface area contributed by atoms with Gasteiger partial charge in [0.25, 0.3) is 6.71 Å². The van der Waals surface area contributed by atoms with Gasteiger partial charge >= 0.3 is 0 Å². The van der Waals surface area contributed by atoms with E-state index < -0.39 is 5.41 Å². The van der Waals surface area contributed by atoms with Crippen molar-refractivity contribution >= 4 is 79.0 Å². The van der Waals surface area contributed by atoms with Crippen LogP contribution in [0.15, 0.2) is 224 Å². The molecule has 3 heterocycles. The van der Waals surface area contributed by atoms with Crippen LogP contribution in [-0.4, -0.2) is 11.3 Å². The highest BCUT2D eigenvalue weighted by Gasteiger charge is 2.54. The summed E-state index contributed by atoms with van der Waals surface area (Å²) in [4.78, 5) is 5.12. The van der Waals surface area contributed by atoms with E-state index in [-0.39, 0.29) is 12.1 Å². The topological polar surface area (TPSA) is 11.4 Å². The van der Waals surface area contributed by atoms with Crippen LogP contribution in [-0.2, 0) is 10.8 Å². The third kappa shape index (κ3) is 5.03. The zero-order valence-corrected chi connectivity index (χ0v) is 38.8. The van der Waals surface area contributed by atoms with E-state index in [2.05, 4.69) is 260 Å². The quantitative estimate of drug-likeness (QED) is 0.164. The predicted octanol–water partition coefficient (Wildman–Crippen LogP) is 14.5. The Morgan fingerprint density at radius 1 is 0.377 bits per heavy atom. The lowest BCUT2D eigenvalue weighted by Crippen LogP contribution is -2.61. The van der Waals surface area contributed by atoms with Crippen LogP contribution < -0.4 is 26.2 Å². The molecule has 2 aliphatic heterocycles. The SMILES string of the molecule is CC(C)(C)c1cc2c3c(c1)N(c1ccccc1)c1cc4c(cc1B3c1ccccc1N2c1ccccc1)-c1ccccc1C41c2ccccc2-c2c(-n3c4ccccc4c4ccccc43)cccc21. The predicted molar refractivity (Wildman–Crippen MR) is 290 cm³/mol. The number of rotatable bonds is 3. The molecule has 1 atom stereocenters. The summed E-state index contributed by atoms with van der Waals surface area (Å²) in [5.74, 6) is 0. The van der Waals surface area contributed by atoms with Gasteiger partial charge in [0.2, 0.25) is 0 Å². The molecule has 0 radical (unpaired) electrons. The van der Waals surface area contributed by atoms with E-state index in [4.69, 9.17) is 0 Å². The molecule has 0 amide bonds. The fourth-order valence-corrected chi connectivity index (χ4v) is 13.1. The van der Waals surface area contributed by atoms with E-state index in [1.165, 1.54) is 117 Å². The Balaban J connectivity index is 1.07. The molecule has 15 rings (SSSR count). The van der Waals surface area contributed by atoms with E-state index in [1.54, 1.807) is 0 Å². The van der Waals surface area contributed by atoms with E-state index in [0.717, 1.165) is 11.4 Å². The average Bonchev–Trinajstić information content (AvgIpc) is 4.00. The second-order valence-corrected chi connectivity index (χ2v) is 20.4. The Morgan fingerprint density at radius 2 is 0.899 bits per heavy atom. The van der Waals surface area contributed by atoms with Gasteiger partial charge in [-0.1, -0.05) is 178 Å². The molecule has 0 N–H and O–H groups in total. The number of fused-ring (bicyclic) bond motifs is 17. The van der Waals surface area contributed by atoms with Crippen LogP contribution in [0, 0.1) is 0 Å². The van der Waals surface area contributed by atoms with Gasteiger partial charge in [-0.3, -0.25) is 0 Å². The zero-order chi connectivity index (χ0) is 45.8. The lowest BCUT2D eigenvalue weighted by Gasteiger charge is -2.45. The normalized spacial score (nSPS) is 15.7. The number of benzene rings is 10. The van der Waals surface area contributed by atoms with Gasteiger partial charge in [0, 0.05) is 50.5 Å². The molecular formula is C65H46BN3. The van der Waals surface area contributed by atoms with Crippen molar-refractivity contribution in [1.29, 1.82) is 0 Å². The number of para-hydroxylation sites is 5. The maximum absolute atomic E-state index is 2.62. The molecule has 10 aromatic carbocycles. The lowest BCUT2D eigenvalue weighted by atomic mass is 9.33. The molecule has 69 heavy (non-hydrogen) atoms. The molecule has 2 aliphatic carbocycles. The summed E-state index contributed by atoms with van der Waals surface area (Å²) < 4.78 is 2.52. The first-order valence-electron chi connectivity index (χ1n) is 24.4. The number of hydrogen-bond acceptors (Lipinski definition) is 2. The average molecular weight is 880 g/mol. The molecule has 1 spiro atoms. The molecule has 4 heteroatoms. The Bertz CT molecular complexity index is 3920. The minimum Gasteiger partial charge on any atom is -0.311 e. The van der Waals surface area contributed by atoms with Gasteiger partial charge in [-0.2, -0.15) is 0 Å². The largest absolute Gasteiger partial charge is 0.311 e. The van der Waals surface area contributed by atoms with Crippen LogP contribution in [0.1, 0.15) is 48.6 Å². The van der Waals surface area contributed by atoms with Gasteiger partial charge in [-0.05, 0) is 133 Å². The van der Waals surface area contributed by atoms with Gasteiger partial charge in [-0.25, -0.2) is 0 Å². The third-order valence-corrected chi connectivity index (χ3v) is 15.9. The molecule has 0 saturated carbocycles. The Morgan fingerprint density at radius 3 is 1.57 bits per heavy atom. The zero-order valence-electron chi connectivity index (χ0n) is 38.8. The van der Waals surface area contributed by atoms with E-state index in [0.29, 0.717) is 0 Å². The van der Waals surface area contributed by atoms with Crippen molar-refractivity contribution in [3.63, 3.8) is 0 Å². The Hall–Kier alpha value is -8.34. The van der Waals surface area contributed by atoms with Crippen LogP contribution in [0.5, 0.6) is 0 Å². The molecule has 0 bridgehead atoms. The minimum absolute atomic E-state index is 0.00536. The monoisotopic (exact) mass is 879 g/mol. The van der Waals surface area contributed by atoms with Crippen molar-refractivity contribution in [2.24, 2.45) is 0 Å². The fourth-order valence-electron chi connectivity index (χ4n) is 13.1. The van der Waals surface area contributed by atoms with Crippen LogP contribution >= 0.6 is 0 Å². The van der Waals surface area contributed by atoms with Crippen molar-refractivity contribution in [2.45, 2.75) is 31.6 Å². The molecular weight excluding hydrogens is 834 g/mol. The van der Waals surface area contributed by atoms with Crippen molar-refractivity contribution in [2.75, 3.05) is 9.80 Å². The highest BCUT2D eigenvalue weighted by Crippen LogP contribution is 2.64. The van der Waals surface area contributed by atoms with Crippen molar-refractivity contribution in [3.05, 3.63) is 252 Å². The van der Waals surface area contributed by atoms with Crippen LogP contribution in [0.2, 0.25) is 0 Å². The molecule has 324 valence electrons. The Labute approximate surface area is 403 Å². The van der Waals surface area contributed by atoms with Crippen LogP contribution in [0.3, 0.4) is 0 Å². The van der Waals surface area contributed by atoms with Crippen molar-refractivity contribution in [1.82, 2.24) is 4.57 Å².